The Morgan fingerprint density at radius 2 is 1.67 bits per heavy atom. The third-order valence-corrected chi connectivity index (χ3v) is 3.31. The number of urea groups is 1. The summed E-state index contributed by atoms with van der Waals surface area (Å²) in [7, 11) is 0. The van der Waals surface area contributed by atoms with Crippen molar-refractivity contribution in [3.63, 3.8) is 0 Å². The topological polar surface area (TPSA) is 79.5 Å². The molecular formula is C18H29N3O3. The predicted octanol–water partition coefficient (Wildman–Crippen LogP) is 3.13. The molecule has 0 heterocycles. The number of rotatable bonds is 6. The maximum Gasteiger partial charge on any atom is 0.407 e. The lowest BCUT2D eigenvalue weighted by Crippen LogP contribution is -2.42. The minimum Gasteiger partial charge on any atom is -0.444 e. The molecule has 0 aliphatic carbocycles. The number of benzene rings is 1. The molecule has 1 unspecified atom stereocenters. The molecule has 0 aliphatic rings. The van der Waals surface area contributed by atoms with Gasteiger partial charge in [0.05, 0.1) is 6.04 Å². The van der Waals surface area contributed by atoms with Crippen LogP contribution in [0.5, 0.6) is 0 Å². The van der Waals surface area contributed by atoms with Crippen molar-refractivity contribution >= 4 is 12.1 Å². The summed E-state index contributed by atoms with van der Waals surface area (Å²) < 4.78 is 5.11. The van der Waals surface area contributed by atoms with E-state index in [1.54, 1.807) is 20.8 Å². The summed E-state index contributed by atoms with van der Waals surface area (Å²) in [5.74, 6) is 0. The number of carbonyl (C=O) groups is 2. The second kappa shape index (κ2) is 9.15. The molecule has 0 radical (unpaired) electrons. The van der Waals surface area contributed by atoms with Crippen molar-refractivity contribution in [2.24, 2.45) is 0 Å². The fraction of sp³-hybridized carbons (Fsp3) is 0.556. The Bertz CT molecular complexity index is 535. The molecule has 0 spiro atoms. The Kier molecular flexibility index (Phi) is 7.55. The largest absolute Gasteiger partial charge is 0.444 e. The van der Waals surface area contributed by atoms with Gasteiger partial charge in [-0.25, -0.2) is 9.59 Å². The van der Waals surface area contributed by atoms with E-state index in [2.05, 4.69) is 35.0 Å². The molecule has 0 bridgehead atoms. The molecule has 6 heteroatoms. The van der Waals surface area contributed by atoms with Crippen LogP contribution in [0.3, 0.4) is 0 Å². The number of alkyl carbamates (subject to hydrolysis) is 1. The first-order valence-corrected chi connectivity index (χ1v) is 8.31. The first-order chi connectivity index (χ1) is 11.2. The summed E-state index contributed by atoms with van der Waals surface area (Å²) in [6, 6.07) is 7.82. The van der Waals surface area contributed by atoms with Crippen LogP contribution in [-0.2, 0) is 11.2 Å². The third kappa shape index (κ3) is 7.85. The molecule has 0 fully saturated rings. The lowest BCUT2D eigenvalue weighted by Gasteiger charge is -2.20. The van der Waals surface area contributed by atoms with Gasteiger partial charge in [0, 0.05) is 13.1 Å². The van der Waals surface area contributed by atoms with Crippen molar-refractivity contribution in [3.8, 4) is 0 Å². The maximum atomic E-state index is 11.9. The van der Waals surface area contributed by atoms with E-state index in [9.17, 15) is 9.59 Å². The van der Waals surface area contributed by atoms with E-state index in [4.69, 9.17) is 4.74 Å². The van der Waals surface area contributed by atoms with Crippen LogP contribution in [0, 0.1) is 0 Å². The first kappa shape index (κ1) is 19.8. The van der Waals surface area contributed by atoms with Crippen molar-refractivity contribution in [3.05, 3.63) is 35.4 Å². The maximum absolute atomic E-state index is 11.9. The summed E-state index contributed by atoms with van der Waals surface area (Å²) in [6.45, 7) is 10.1. The molecule has 0 aromatic heterocycles. The van der Waals surface area contributed by atoms with Crippen LogP contribution in [0.25, 0.3) is 0 Å². The van der Waals surface area contributed by atoms with Gasteiger partial charge in [-0.2, -0.15) is 0 Å². The normalized spacial score (nSPS) is 12.2. The van der Waals surface area contributed by atoms with Gasteiger partial charge >= 0.3 is 12.1 Å². The zero-order valence-corrected chi connectivity index (χ0v) is 15.2. The van der Waals surface area contributed by atoms with Gasteiger partial charge in [0.2, 0.25) is 0 Å². The summed E-state index contributed by atoms with van der Waals surface area (Å²) in [6.07, 6.45) is 0.502. The zero-order chi connectivity index (χ0) is 18.2. The monoisotopic (exact) mass is 335 g/mol. The van der Waals surface area contributed by atoms with E-state index in [0.29, 0.717) is 13.1 Å². The molecule has 0 aliphatic heterocycles. The smallest absolute Gasteiger partial charge is 0.407 e. The molecule has 1 aromatic carbocycles. The number of hydrogen-bond acceptors (Lipinski definition) is 3. The molecule has 1 rings (SSSR count). The summed E-state index contributed by atoms with van der Waals surface area (Å²) >= 11 is 0. The number of hydrogen-bond donors (Lipinski definition) is 3. The molecule has 3 N–H and O–H groups in total. The van der Waals surface area contributed by atoms with Crippen molar-refractivity contribution < 1.29 is 14.3 Å². The van der Waals surface area contributed by atoms with Gasteiger partial charge < -0.3 is 20.7 Å². The Balaban J connectivity index is 2.27. The minimum absolute atomic E-state index is 0.0882. The van der Waals surface area contributed by atoms with E-state index >= 15 is 0 Å². The Morgan fingerprint density at radius 3 is 2.21 bits per heavy atom. The zero-order valence-electron chi connectivity index (χ0n) is 15.2. The molecule has 0 saturated heterocycles. The Morgan fingerprint density at radius 1 is 1.08 bits per heavy atom. The van der Waals surface area contributed by atoms with E-state index in [-0.39, 0.29) is 12.1 Å². The Labute approximate surface area is 144 Å². The molecule has 6 nitrogen and oxygen atoms in total. The van der Waals surface area contributed by atoms with Gasteiger partial charge in [-0.15, -0.1) is 0 Å². The lowest BCUT2D eigenvalue weighted by atomic mass is 10.1. The molecule has 24 heavy (non-hydrogen) atoms. The Hall–Kier alpha value is -2.24. The fourth-order valence-electron chi connectivity index (χ4n) is 2.03. The van der Waals surface area contributed by atoms with Gasteiger partial charge in [0.25, 0.3) is 0 Å². The van der Waals surface area contributed by atoms with Gasteiger partial charge in [-0.05, 0) is 45.2 Å². The van der Waals surface area contributed by atoms with Gasteiger partial charge in [0.15, 0.2) is 0 Å². The van der Waals surface area contributed by atoms with E-state index in [1.165, 1.54) is 5.56 Å². The summed E-state index contributed by atoms with van der Waals surface area (Å²) in [5, 5.41) is 8.16. The molecule has 1 aromatic rings. The highest BCUT2D eigenvalue weighted by atomic mass is 16.6. The third-order valence-electron chi connectivity index (χ3n) is 3.31. The number of amides is 3. The molecule has 3 amide bonds. The van der Waals surface area contributed by atoms with Crippen LogP contribution in [0.2, 0.25) is 0 Å². The number of nitrogens with one attached hydrogen (secondary N) is 3. The fourth-order valence-corrected chi connectivity index (χ4v) is 2.03. The van der Waals surface area contributed by atoms with Gasteiger partial charge in [-0.3, -0.25) is 0 Å². The highest BCUT2D eigenvalue weighted by Gasteiger charge is 2.15. The van der Waals surface area contributed by atoms with Crippen LogP contribution in [-0.4, -0.2) is 30.8 Å². The molecule has 134 valence electrons. The highest BCUT2D eigenvalue weighted by Crippen LogP contribution is 2.13. The molecule has 0 saturated carbocycles. The van der Waals surface area contributed by atoms with Crippen molar-refractivity contribution in [2.45, 2.75) is 52.7 Å². The van der Waals surface area contributed by atoms with Crippen LogP contribution >= 0.6 is 0 Å². The number of carbonyl (C=O) groups excluding carboxylic acids is 2. The average Bonchev–Trinajstić information content (AvgIpc) is 2.50. The summed E-state index contributed by atoms with van der Waals surface area (Å²) in [4.78, 5) is 23.3. The SMILES string of the molecule is CCc1ccc(C(C)NC(=O)NCCNC(=O)OC(C)(C)C)cc1. The van der Waals surface area contributed by atoms with Gasteiger partial charge in [-0.1, -0.05) is 31.2 Å². The van der Waals surface area contributed by atoms with Crippen molar-refractivity contribution in [2.75, 3.05) is 13.1 Å². The van der Waals surface area contributed by atoms with Crippen LogP contribution in [0.1, 0.15) is 51.8 Å². The predicted molar refractivity (Wildman–Crippen MR) is 95.0 cm³/mol. The van der Waals surface area contributed by atoms with E-state index in [1.807, 2.05) is 19.1 Å². The molecule has 1 atom stereocenters. The van der Waals surface area contributed by atoms with Crippen LogP contribution in [0.4, 0.5) is 9.59 Å². The van der Waals surface area contributed by atoms with E-state index < -0.39 is 11.7 Å². The highest BCUT2D eigenvalue weighted by molar-refractivity contribution is 5.74. The van der Waals surface area contributed by atoms with Gasteiger partial charge in [0.1, 0.15) is 5.60 Å². The second-order valence-electron chi connectivity index (χ2n) is 6.65. The first-order valence-electron chi connectivity index (χ1n) is 8.31. The van der Waals surface area contributed by atoms with Crippen molar-refractivity contribution in [1.82, 2.24) is 16.0 Å². The summed E-state index contributed by atoms with van der Waals surface area (Å²) in [5.41, 5.74) is 1.79. The van der Waals surface area contributed by atoms with Crippen LogP contribution < -0.4 is 16.0 Å². The lowest BCUT2D eigenvalue weighted by molar-refractivity contribution is 0.0528. The van der Waals surface area contributed by atoms with E-state index in [0.717, 1.165) is 12.0 Å². The minimum atomic E-state index is -0.530. The standard InChI is InChI=1S/C18H29N3O3/c1-6-14-7-9-15(10-8-14)13(2)21-16(22)19-11-12-20-17(23)24-18(3,4)5/h7-10,13H,6,11-12H2,1-5H3,(H,20,23)(H2,19,21,22). The molecular weight excluding hydrogens is 306 g/mol. The second-order valence-corrected chi connectivity index (χ2v) is 6.65. The van der Waals surface area contributed by atoms with Crippen LogP contribution in [0.15, 0.2) is 24.3 Å². The van der Waals surface area contributed by atoms with Crippen molar-refractivity contribution in [1.29, 1.82) is 0 Å². The number of ether oxygens (including phenoxy) is 1. The average molecular weight is 335 g/mol. The quantitative estimate of drug-likeness (QED) is 0.699. The number of aryl methyl sites for hydroxylation is 1.